The van der Waals surface area contributed by atoms with E-state index in [-0.39, 0.29) is 11.3 Å². The number of nitrogens with zero attached hydrogens (tertiary/aromatic N) is 2. The normalized spacial score (nSPS) is 18.1. The molecule has 1 amide bonds. The second-order valence-electron chi connectivity index (χ2n) is 7.89. The Balaban J connectivity index is 2.10. The molecule has 1 aliphatic rings. The molecule has 0 bridgehead atoms. The highest BCUT2D eigenvalue weighted by atomic mass is 79.9. The molecule has 0 saturated carbocycles. The predicted octanol–water partition coefficient (Wildman–Crippen LogP) is 4.14. The molecule has 0 radical (unpaired) electrons. The van der Waals surface area contributed by atoms with Crippen molar-refractivity contribution in [3.63, 3.8) is 0 Å². The summed E-state index contributed by atoms with van der Waals surface area (Å²) in [5.41, 5.74) is 2.19. The number of aliphatic hydroxyl groups excluding tert-OH is 1. The van der Waals surface area contributed by atoms with Crippen LogP contribution in [0.5, 0.6) is 5.75 Å². The first-order chi connectivity index (χ1) is 14.7. The fraction of sp³-hybridized carbons (Fsp3) is 0.333. The van der Waals surface area contributed by atoms with Crippen molar-refractivity contribution in [1.29, 1.82) is 0 Å². The Bertz CT molecular complexity index is 1010. The average molecular weight is 487 g/mol. The Morgan fingerprint density at radius 2 is 1.84 bits per heavy atom. The molecule has 3 rings (SSSR count). The van der Waals surface area contributed by atoms with Gasteiger partial charge in [0.2, 0.25) is 0 Å². The maximum Gasteiger partial charge on any atom is 0.295 e. The first kappa shape index (κ1) is 23.0. The highest BCUT2D eigenvalue weighted by Gasteiger charge is 2.45. The second kappa shape index (κ2) is 9.66. The number of hydrogen-bond donors (Lipinski definition) is 1. The summed E-state index contributed by atoms with van der Waals surface area (Å²) in [7, 11) is 5.51. The van der Waals surface area contributed by atoms with Crippen molar-refractivity contribution >= 4 is 33.4 Å². The van der Waals surface area contributed by atoms with Crippen LogP contribution in [0, 0.1) is 6.92 Å². The fourth-order valence-electron chi connectivity index (χ4n) is 3.84. The summed E-state index contributed by atoms with van der Waals surface area (Å²) >= 11 is 3.43. The number of carbonyl (C=O) groups excluding carboxylic acids is 2. The maximum absolute atomic E-state index is 13.0. The van der Waals surface area contributed by atoms with E-state index in [1.807, 2.05) is 50.2 Å². The van der Waals surface area contributed by atoms with E-state index in [0.717, 1.165) is 22.1 Å². The SMILES string of the molecule is COc1ccc(/C(O)=C2\C(=O)C(=O)N(CCCN(C)C)[C@H]2c2ccc(Br)cc2)cc1C. The lowest BCUT2D eigenvalue weighted by Crippen LogP contribution is -2.32. The molecular weight excluding hydrogens is 460 g/mol. The molecule has 1 fully saturated rings. The molecule has 6 nitrogen and oxygen atoms in total. The third kappa shape index (κ3) is 4.83. The van der Waals surface area contributed by atoms with Crippen LogP contribution in [0.4, 0.5) is 0 Å². The highest BCUT2D eigenvalue weighted by molar-refractivity contribution is 9.10. The number of aryl methyl sites for hydroxylation is 1. The van der Waals surface area contributed by atoms with Gasteiger partial charge < -0.3 is 19.6 Å². The van der Waals surface area contributed by atoms with Gasteiger partial charge in [0.1, 0.15) is 11.5 Å². The molecule has 0 aromatic heterocycles. The van der Waals surface area contributed by atoms with Crippen molar-refractivity contribution in [1.82, 2.24) is 9.80 Å². The van der Waals surface area contributed by atoms with Gasteiger partial charge in [-0.05, 0) is 75.4 Å². The number of Topliss-reactive ketones (excluding diaryl/α,β-unsaturated/α-hetero) is 1. The molecule has 1 N–H and O–H groups in total. The van der Waals surface area contributed by atoms with Crippen LogP contribution in [0.3, 0.4) is 0 Å². The summed E-state index contributed by atoms with van der Waals surface area (Å²) in [6, 6.07) is 12.0. The van der Waals surface area contributed by atoms with Crippen LogP contribution in [0.2, 0.25) is 0 Å². The van der Waals surface area contributed by atoms with Gasteiger partial charge >= 0.3 is 0 Å². The molecule has 2 aromatic carbocycles. The summed E-state index contributed by atoms with van der Waals surface area (Å²) in [6.07, 6.45) is 0.717. The van der Waals surface area contributed by atoms with E-state index in [9.17, 15) is 14.7 Å². The molecule has 1 heterocycles. The zero-order valence-electron chi connectivity index (χ0n) is 18.2. The largest absolute Gasteiger partial charge is 0.507 e. The van der Waals surface area contributed by atoms with Gasteiger partial charge in [-0.3, -0.25) is 9.59 Å². The number of likely N-dealkylation sites (tertiary alicyclic amines) is 1. The van der Waals surface area contributed by atoms with Crippen molar-refractivity contribution < 1.29 is 19.4 Å². The molecule has 1 saturated heterocycles. The van der Waals surface area contributed by atoms with Gasteiger partial charge in [-0.2, -0.15) is 0 Å². The molecular formula is C24H27BrN2O4. The number of rotatable bonds is 7. The van der Waals surface area contributed by atoms with Crippen LogP contribution >= 0.6 is 15.9 Å². The summed E-state index contributed by atoms with van der Waals surface area (Å²) in [6.45, 7) is 3.07. The highest BCUT2D eigenvalue weighted by Crippen LogP contribution is 2.40. The van der Waals surface area contributed by atoms with Gasteiger partial charge in [-0.25, -0.2) is 0 Å². The number of amides is 1. The third-order valence-electron chi connectivity index (χ3n) is 5.40. The van der Waals surface area contributed by atoms with E-state index in [1.165, 1.54) is 0 Å². The molecule has 2 aromatic rings. The summed E-state index contributed by atoms with van der Waals surface area (Å²) < 4.78 is 6.19. The van der Waals surface area contributed by atoms with Crippen LogP contribution in [0.15, 0.2) is 52.5 Å². The van der Waals surface area contributed by atoms with Gasteiger partial charge in [0.05, 0.1) is 18.7 Å². The number of methoxy groups -OCH3 is 1. The fourth-order valence-corrected chi connectivity index (χ4v) is 4.11. The smallest absolute Gasteiger partial charge is 0.295 e. The Morgan fingerprint density at radius 3 is 2.42 bits per heavy atom. The molecule has 0 unspecified atom stereocenters. The van der Waals surface area contributed by atoms with Gasteiger partial charge in [0.25, 0.3) is 11.7 Å². The zero-order chi connectivity index (χ0) is 22.7. The molecule has 31 heavy (non-hydrogen) atoms. The number of halogens is 1. The zero-order valence-corrected chi connectivity index (χ0v) is 19.8. The summed E-state index contributed by atoms with van der Waals surface area (Å²) in [4.78, 5) is 29.6. The van der Waals surface area contributed by atoms with E-state index in [1.54, 1.807) is 30.2 Å². The maximum atomic E-state index is 13.0. The van der Waals surface area contributed by atoms with E-state index in [2.05, 4.69) is 15.9 Å². The standard InChI is InChI=1S/C24H27BrN2O4/c1-15-14-17(8-11-19(15)31-4)22(28)20-21(16-6-9-18(25)10-7-16)27(24(30)23(20)29)13-5-12-26(2)3/h6-11,14,21,28H,5,12-13H2,1-4H3/b22-20+/t21-/m0/s1. The first-order valence-corrected chi connectivity index (χ1v) is 10.9. The molecule has 164 valence electrons. The van der Waals surface area contributed by atoms with Crippen LogP contribution in [-0.2, 0) is 9.59 Å². The number of ketones is 1. The number of hydrogen-bond acceptors (Lipinski definition) is 5. The van der Waals surface area contributed by atoms with Crippen molar-refractivity contribution in [3.8, 4) is 5.75 Å². The topological polar surface area (TPSA) is 70.1 Å². The molecule has 0 aliphatic carbocycles. The second-order valence-corrected chi connectivity index (χ2v) is 8.80. The molecule has 1 atom stereocenters. The molecule has 1 aliphatic heterocycles. The Hall–Kier alpha value is -2.64. The monoisotopic (exact) mass is 486 g/mol. The molecule has 0 spiro atoms. The Kier molecular flexibility index (Phi) is 7.18. The van der Waals surface area contributed by atoms with Gasteiger partial charge in [-0.15, -0.1) is 0 Å². The number of carbonyl (C=O) groups is 2. The van der Waals surface area contributed by atoms with Crippen LogP contribution in [-0.4, -0.2) is 60.9 Å². The van der Waals surface area contributed by atoms with Crippen molar-refractivity contribution in [3.05, 3.63) is 69.2 Å². The Morgan fingerprint density at radius 1 is 1.16 bits per heavy atom. The Labute approximate surface area is 191 Å². The van der Waals surface area contributed by atoms with Crippen LogP contribution in [0.1, 0.15) is 29.2 Å². The summed E-state index contributed by atoms with van der Waals surface area (Å²) in [5, 5.41) is 11.1. The molecule has 7 heteroatoms. The minimum atomic E-state index is -0.663. The third-order valence-corrected chi connectivity index (χ3v) is 5.93. The number of aliphatic hydroxyl groups is 1. The number of benzene rings is 2. The lowest BCUT2D eigenvalue weighted by molar-refractivity contribution is -0.139. The number of ether oxygens (including phenoxy) is 1. The van der Waals surface area contributed by atoms with E-state index in [0.29, 0.717) is 24.3 Å². The van der Waals surface area contributed by atoms with E-state index < -0.39 is 17.7 Å². The average Bonchev–Trinajstić information content (AvgIpc) is 2.98. The van der Waals surface area contributed by atoms with Crippen LogP contribution < -0.4 is 4.74 Å². The van der Waals surface area contributed by atoms with Gasteiger partial charge in [0.15, 0.2) is 0 Å². The predicted molar refractivity (Wildman–Crippen MR) is 124 cm³/mol. The van der Waals surface area contributed by atoms with Gasteiger partial charge in [0, 0.05) is 16.6 Å². The van der Waals surface area contributed by atoms with E-state index in [4.69, 9.17) is 4.74 Å². The summed E-state index contributed by atoms with van der Waals surface area (Å²) in [5.74, 6) is -0.737. The van der Waals surface area contributed by atoms with Gasteiger partial charge in [-0.1, -0.05) is 28.1 Å². The van der Waals surface area contributed by atoms with Crippen molar-refractivity contribution in [2.45, 2.75) is 19.4 Å². The van der Waals surface area contributed by atoms with E-state index >= 15 is 0 Å². The quantitative estimate of drug-likeness (QED) is 0.361. The van der Waals surface area contributed by atoms with Crippen molar-refractivity contribution in [2.75, 3.05) is 34.3 Å². The minimum Gasteiger partial charge on any atom is -0.507 e. The first-order valence-electron chi connectivity index (χ1n) is 10.1. The lowest BCUT2D eigenvalue weighted by Gasteiger charge is -2.26. The minimum absolute atomic E-state index is 0.113. The lowest BCUT2D eigenvalue weighted by atomic mass is 9.95. The van der Waals surface area contributed by atoms with Crippen molar-refractivity contribution in [2.24, 2.45) is 0 Å². The van der Waals surface area contributed by atoms with Crippen LogP contribution in [0.25, 0.3) is 5.76 Å².